The number of benzene rings is 1. The summed E-state index contributed by atoms with van der Waals surface area (Å²) in [6.07, 6.45) is 2.36. The molecule has 0 fully saturated rings. The third-order valence-corrected chi connectivity index (χ3v) is 2.59. The highest BCUT2D eigenvalue weighted by Gasteiger charge is 2.03. The molecule has 3 nitrogen and oxygen atoms in total. The minimum atomic E-state index is -0.222. The van der Waals surface area contributed by atoms with Crippen LogP contribution in [0.4, 0.5) is 4.39 Å². The van der Waals surface area contributed by atoms with Gasteiger partial charge in [-0.25, -0.2) is 14.4 Å². The zero-order valence-corrected chi connectivity index (χ0v) is 9.02. The van der Waals surface area contributed by atoms with Gasteiger partial charge in [0.15, 0.2) is 5.65 Å². The number of imidazole rings is 1. The fraction of sp³-hybridized carbons (Fsp3) is 0.0769. The molecule has 4 heteroatoms. The van der Waals surface area contributed by atoms with E-state index in [2.05, 4.69) is 15.0 Å². The maximum atomic E-state index is 12.8. The Morgan fingerprint density at radius 1 is 1.12 bits per heavy atom. The molecule has 0 amide bonds. The molecule has 0 unspecified atom stereocenters. The number of rotatable bonds is 2. The number of pyridine rings is 1. The van der Waals surface area contributed by atoms with Gasteiger partial charge in [-0.1, -0.05) is 12.1 Å². The van der Waals surface area contributed by atoms with Crippen molar-refractivity contribution in [2.24, 2.45) is 0 Å². The van der Waals surface area contributed by atoms with E-state index in [9.17, 15) is 4.39 Å². The first-order chi connectivity index (χ1) is 8.31. The Bertz CT molecular complexity index is 610. The molecule has 84 valence electrons. The standard InChI is InChI=1S/C13H10FN3/c14-10-5-3-9(4-6-10)8-12-16-11-2-1-7-15-13(11)17-12/h1-7H,8H2,(H,15,16,17). The lowest BCUT2D eigenvalue weighted by molar-refractivity contribution is 0.627. The summed E-state index contributed by atoms with van der Waals surface area (Å²) in [5.74, 6) is 0.616. The molecule has 3 rings (SSSR count). The van der Waals surface area contributed by atoms with Crippen molar-refractivity contribution < 1.29 is 4.39 Å². The summed E-state index contributed by atoms with van der Waals surface area (Å²) in [5, 5.41) is 0. The van der Waals surface area contributed by atoms with Gasteiger partial charge in [0.05, 0.1) is 5.52 Å². The Kier molecular flexibility index (Phi) is 2.33. The second-order valence-electron chi connectivity index (χ2n) is 3.86. The Balaban J connectivity index is 1.92. The highest BCUT2D eigenvalue weighted by molar-refractivity contribution is 5.69. The number of aromatic amines is 1. The minimum absolute atomic E-state index is 0.222. The predicted octanol–water partition coefficient (Wildman–Crippen LogP) is 2.69. The SMILES string of the molecule is Fc1ccc(Cc2nc3ncccc3[nH]2)cc1. The van der Waals surface area contributed by atoms with Gasteiger partial charge in [-0.05, 0) is 29.8 Å². The van der Waals surface area contributed by atoms with Gasteiger partial charge in [0.1, 0.15) is 11.6 Å². The number of hydrogen-bond acceptors (Lipinski definition) is 2. The number of hydrogen-bond donors (Lipinski definition) is 1. The molecule has 0 aliphatic rings. The number of halogens is 1. The van der Waals surface area contributed by atoms with Gasteiger partial charge in [-0.2, -0.15) is 0 Å². The van der Waals surface area contributed by atoms with Gasteiger partial charge in [0.2, 0.25) is 0 Å². The van der Waals surface area contributed by atoms with Crippen LogP contribution in [-0.4, -0.2) is 15.0 Å². The summed E-state index contributed by atoms with van der Waals surface area (Å²) >= 11 is 0. The molecule has 0 saturated heterocycles. The van der Waals surface area contributed by atoms with Crippen molar-refractivity contribution in [2.45, 2.75) is 6.42 Å². The Hall–Kier alpha value is -2.23. The van der Waals surface area contributed by atoms with Gasteiger partial charge < -0.3 is 4.98 Å². The number of fused-ring (bicyclic) bond motifs is 1. The van der Waals surface area contributed by atoms with Gasteiger partial charge in [0, 0.05) is 12.6 Å². The highest BCUT2D eigenvalue weighted by atomic mass is 19.1. The van der Waals surface area contributed by atoms with E-state index in [0.29, 0.717) is 12.1 Å². The van der Waals surface area contributed by atoms with E-state index in [4.69, 9.17) is 0 Å². The summed E-state index contributed by atoms with van der Waals surface area (Å²) in [4.78, 5) is 11.7. The Morgan fingerprint density at radius 2 is 1.94 bits per heavy atom. The molecule has 17 heavy (non-hydrogen) atoms. The molecule has 0 radical (unpaired) electrons. The van der Waals surface area contributed by atoms with Crippen LogP contribution in [0.2, 0.25) is 0 Å². The lowest BCUT2D eigenvalue weighted by Crippen LogP contribution is -1.90. The zero-order valence-electron chi connectivity index (χ0n) is 9.02. The summed E-state index contributed by atoms with van der Waals surface area (Å²) in [5.41, 5.74) is 2.65. The first-order valence-corrected chi connectivity index (χ1v) is 5.35. The van der Waals surface area contributed by atoms with E-state index in [0.717, 1.165) is 16.9 Å². The summed E-state index contributed by atoms with van der Waals surface area (Å²) in [6.45, 7) is 0. The fourth-order valence-electron chi connectivity index (χ4n) is 1.77. The minimum Gasteiger partial charge on any atom is -0.340 e. The molecule has 0 atom stereocenters. The molecule has 0 aliphatic carbocycles. The first kappa shape index (κ1) is 9.96. The second kappa shape index (κ2) is 3.97. The van der Waals surface area contributed by atoms with Crippen molar-refractivity contribution in [1.29, 1.82) is 0 Å². The molecule has 2 heterocycles. The van der Waals surface area contributed by atoms with Crippen LogP contribution in [0.15, 0.2) is 42.6 Å². The molecular weight excluding hydrogens is 217 g/mol. The van der Waals surface area contributed by atoms with Crippen LogP contribution < -0.4 is 0 Å². The van der Waals surface area contributed by atoms with E-state index in [-0.39, 0.29) is 5.82 Å². The summed E-state index contributed by atoms with van der Waals surface area (Å²) < 4.78 is 12.8. The first-order valence-electron chi connectivity index (χ1n) is 5.35. The normalized spacial score (nSPS) is 10.9. The Morgan fingerprint density at radius 3 is 2.71 bits per heavy atom. The van der Waals surface area contributed by atoms with Crippen molar-refractivity contribution in [1.82, 2.24) is 15.0 Å². The van der Waals surface area contributed by atoms with E-state index in [1.54, 1.807) is 18.3 Å². The van der Waals surface area contributed by atoms with Crippen LogP contribution >= 0.6 is 0 Å². The van der Waals surface area contributed by atoms with Gasteiger partial charge >= 0.3 is 0 Å². The molecule has 1 aromatic carbocycles. The van der Waals surface area contributed by atoms with Crippen molar-refractivity contribution >= 4 is 11.2 Å². The summed E-state index contributed by atoms with van der Waals surface area (Å²) in [7, 11) is 0. The molecular formula is C13H10FN3. The lowest BCUT2D eigenvalue weighted by Gasteiger charge is -1.97. The van der Waals surface area contributed by atoms with Crippen LogP contribution in [-0.2, 0) is 6.42 Å². The molecule has 0 spiro atoms. The van der Waals surface area contributed by atoms with E-state index in [1.807, 2.05) is 12.1 Å². The largest absolute Gasteiger partial charge is 0.340 e. The molecule has 3 aromatic rings. The van der Waals surface area contributed by atoms with E-state index < -0.39 is 0 Å². The number of H-pyrrole nitrogens is 1. The van der Waals surface area contributed by atoms with Crippen LogP contribution in [0, 0.1) is 5.82 Å². The molecule has 0 aliphatic heterocycles. The monoisotopic (exact) mass is 227 g/mol. The van der Waals surface area contributed by atoms with E-state index >= 15 is 0 Å². The number of nitrogens with zero attached hydrogens (tertiary/aromatic N) is 2. The van der Waals surface area contributed by atoms with Crippen molar-refractivity contribution in [3.05, 3.63) is 59.8 Å². The highest BCUT2D eigenvalue weighted by Crippen LogP contribution is 2.12. The lowest BCUT2D eigenvalue weighted by atomic mass is 10.1. The topological polar surface area (TPSA) is 41.6 Å². The molecule has 0 saturated carbocycles. The third kappa shape index (κ3) is 2.01. The van der Waals surface area contributed by atoms with Gasteiger partial charge in [0.25, 0.3) is 0 Å². The van der Waals surface area contributed by atoms with Crippen LogP contribution in [0.25, 0.3) is 11.2 Å². The second-order valence-corrected chi connectivity index (χ2v) is 3.86. The molecule has 1 N–H and O–H groups in total. The van der Waals surface area contributed by atoms with Crippen LogP contribution in [0.5, 0.6) is 0 Å². The maximum absolute atomic E-state index is 12.8. The molecule has 2 aromatic heterocycles. The third-order valence-electron chi connectivity index (χ3n) is 2.59. The van der Waals surface area contributed by atoms with Gasteiger partial charge in [-0.15, -0.1) is 0 Å². The fourth-order valence-corrected chi connectivity index (χ4v) is 1.77. The van der Waals surface area contributed by atoms with Crippen LogP contribution in [0.3, 0.4) is 0 Å². The van der Waals surface area contributed by atoms with Gasteiger partial charge in [-0.3, -0.25) is 0 Å². The predicted molar refractivity (Wildman–Crippen MR) is 63.1 cm³/mol. The van der Waals surface area contributed by atoms with Crippen molar-refractivity contribution in [3.63, 3.8) is 0 Å². The molecule has 0 bridgehead atoms. The average Bonchev–Trinajstić information content (AvgIpc) is 2.74. The number of aromatic nitrogens is 3. The quantitative estimate of drug-likeness (QED) is 0.731. The van der Waals surface area contributed by atoms with E-state index in [1.165, 1.54) is 12.1 Å². The number of nitrogens with one attached hydrogen (secondary N) is 1. The average molecular weight is 227 g/mol. The van der Waals surface area contributed by atoms with Crippen molar-refractivity contribution in [2.75, 3.05) is 0 Å². The zero-order chi connectivity index (χ0) is 11.7. The smallest absolute Gasteiger partial charge is 0.177 e. The van der Waals surface area contributed by atoms with Crippen molar-refractivity contribution in [3.8, 4) is 0 Å². The summed E-state index contributed by atoms with van der Waals surface area (Å²) in [6, 6.07) is 10.2. The van der Waals surface area contributed by atoms with Crippen LogP contribution in [0.1, 0.15) is 11.4 Å². The Labute approximate surface area is 97.3 Å². The maximum Gasteiger partial charge on any atom is 0.177 e.